The Balaban J connectivity index is 1.35. The monoisotopic (exact) mass is 444 g/mol. The summed E-state index contributed by atoms with van der Waals surface area (Å²) in [4.78, 5) is 22.3. The molecule has 0 aromatic carbocycles. The Labute approximate surface area is 191 Å². The van der Waals surface area contributed by atoms with Crippen molar-refractivity contribution in [1.29, 1.82) is 0 Å². The van der Waals surface area contributed by atoms with Crippen LogP contribution in [0.1, 0.15) is 32.4 Å². The molecule has 0 bridgehead atoms. The van der Waals surface area contributed by atoms with Crippen molar-refractivity contribution >= 4 is 17.1 Å². The predicted molar refractivity (Wildman–Crippen MR) is 126 cm³/mol. The Morgan fingerprint density at radius 2 is 2.12 bits per heavy atom. The lowest BCUT2D eigenvalue weighted by atomic mass is 9.82. The number of aromatic nitrogens is 6. The Morgan fingerprint density at radius 1 is 1.24 bits per heavy atom. The number of carbonyl (C=O) groups excluding carboxylic acids is 1. The third-order valence-corrected chi connectivity index (χ3v) is 7.21. The van der Waals surface area contributed by atoms with E-state index < -0.39 is 0 Å². The molecule has 0 radical (unpaired) electrons. The average Bonchev–Trinajstić information content (AvgIpc) is 3.63. The van der Waals surface area contributed by atoms with Crippen LogP contribution in [0, 0.1) is 0 Å². The SMILES string of the molecule is CCNC(=O)N1CCC2(CCn3nc(-c4cnc5[nH]cc(-c6ccnn6CC)c5c4)cc32)C1. The predicted octanol–water partition coefficient (Wildman–Crippen LogP) is 3.39. The number of aromatic amines is 1. The van der Waals surface area contributed by atoms with Gasteiger partial charge in [0.25, 0.3) is 0 Å². The lowest BCUT2D eigenvalue weighted by Gasteiger charge is -2.23. The summed E-state index contributed by atoms with van der Waals surface area (Å²) in [6.45, 7) is 7.94. The van der Waals surface area contributed by atoms with E-state index in [1.54, 1.807) is 0 Å². The highest BCUT2D eigenvalue weighted by Crippen LogP contribution is 2.44. The minimum atomic E-state index is 0.000726. The van der Waals surface area contributed by atoms with E-state index >= 15 is 0 Å². The van der Waals surface area contributed by atoms with Gasteiger partial charge in [-0.1, -0.05) is 0 Å². The maximum Gasteiger partial charge on any atom is 0.317 e. The molecule has 4 aromatic rings. The molecular formula is C24H28N8O. The Kier molecular flexibility index (Phi) is 4.53. The van der Waals surface area contributed by atoms with Gasteiger partial charge in [-0.15, -0.1) is 0 Å². The van der Waals surface area contributed by atoms with Crippen LogP contribution in [0.25, 0.3) is 33.5 Å². The van der Waals surface area contributed by atoms with Crippen molar-refractivity contribution in [2.24, 2.45) is 0 Å². The van der Waals surface area contributed by atoms with Crippen LogP contribution in [-0.2, 0) is 18.5 Å². The lowest BCUT2D eigenvalue weighted by molar-refractivity contribution is 0.206. The highest BCUT2D eigenvalue weighted by Gasteiger charge is 2.46. The standard InChI is InChI=1S/C24H28N8O/c1-3-25-23(33)30-9-6-24(15-30)7-10-32-21(24)12-19(29-32)16-11-17-18(14-27-22(17)26-13-16)20-5-8-28-31(20)4-2/h5,8,11-14H,3-4,6-7,9-10,15H2,1-2H3,(H,25,33)(H,26,27). The Morgan fingerprint density at radius 3 is 2.97 bits per heavy atom. The van der Waals surface area contributed by atoms with Crippen LogP contribution in [0.2, 0.25) is 0 Å². The number of amides is 2. The van der Waals surface area contributed by atoms with Crippen LogP contribution in [0.5, 0.6) is 0 Å². The minimum absolute atomic E-state index is 0.000726. The smallest absolute Gasteiger partial charge is 0.317 e. The van der Waals surface area contributed by atoms with Crippen molar-refractivity contribution in [3.8, 4) is 22.5 Å². The summed E-state index contributed by atoms with van der Waals surface area (Å²) in [6, 6.07) is 6.45. The highest BCUT2D eigenvalue weighted by molar-refractivity contribution is 5.94. The van der Waals surface area contributed by atoms with Gasteiger partial charge in [-0.05, 0) is 44.9 Å². The number of hydrogen-bond donors (Lipinski definition) is 2. The number of carbonyl (C=O) groups is 1. The van der Waals surface area contributed by atoms with Crippen molar-refractivity contribution in [1.82, 2.24) is 39.7 Å². The molecule has 2 aliphatic heterocycles. The van der Waals surface area contributed by atoms with Crippen LogP contribution >= 0.6 is 0 Å². The van der Waals surface area contributed by atoms with E-state index in [0.717, 1.165) is 72.6 Å². The Hall–Kier alpha value is -3.62. The molecule has 2 aliphatic rings. The van der Waals surface area contributed by atoms with E-state index in [4.69, 9.17) is 5.10 Å². The fourth-order valence-corrected chi connectivity index (χ4v) is 5.49. The summed E-state index contributed by atoms with van der Waals surface area (Å²) in [5, 5.41) is 13.3. The number of H-pyrrole nitrogens is 1. The van der Waals surface area contributed by atoms with E-state index in [1.807, 2.05) is 41.2 Å². The normalized spacial score (nSPS) is 19.6. The van der Waals surface area contributed by atoms with E-state index in [2.05, 4.69) is 44.1 Å². The fraction of sp³-hybridized carbons (Fsp3) is 0.417. The molecule has 2 amide bonds. The van der Waals surface area contributed by atoms with Gasteiger partial charge in [0.05, 0.1) is 11.4 Å². The van der Waals surface area contributed by atoms with Crippen LogP contribution in [0.3, 0.4) is 0 Å². The van der Waals surface area contributed by atoms with Crippen molar-refractivity contribution < 1.29 is 4.79 Å². The zero-order valence-corrected chi connectivity index (χ0v) is 19.0. The first-order chi connectivity index (χ1) is 16.1. The number of fused-ring (bicyclic) bond motifs is 3. The van der Waals surface area contributed by atoms with E-state index in [0.29, 0.717) is 6.54 Å². The average molecular weight is 445 g/mol. The number of hydrogen-bond acceptors (Lipinski definition) is 4. The first kappa shape index (κ1) is 20.0. The van der Waals surface area contributed by atoms with E-state index in [-0.39, 0.29) is 11.4 Å². The third kappa shape index (κ3) is 3.06. The van der Waals surface area contributed by atoms with Gasteiger partial charge in [0.1, 0.15) is 5.65 Å². The number of nitrogens with zero attached hydrogens (tertiary/aromatic N) is 6. The summed E-state index contributed by atoms with van der Waals surface area (Å²) >= 11 is 0. The number of nitrogens with one attached hydrogen (secondary N) is 2. The first-order valence-corrected chi connectivity index (χ1v) is 11.7. The molecule has 4 aromatic heterocycles. The maximum absolute atomic E-state index is 12.4. The summed E-state index contributed by atoms with van der Waals surface area (Å²) in [5.74, 6) is 0. The maximum atomic E-state index is 12.4. The fourth-order valence-electron chi connectivity index (χ4n) is 5.49. The van der Waals surface area contributed by atoms with Gasteiger partial charge in [0.2, 0.25) is 0 Å². The Bertz CT molecular complexity index is 1350. The van der Waals surface area contributed by atoms with Gasteiger partial charge in [0.15, 0.2) is 0 Å². The molecule has 9 heteroatoms. The minimum Gasteiger partial charge on any atom is -0.345 e. The molecule has 0 saturated carbocycles. The molecule has 6 heterocycles. The topological polar surface area (TPSA) is 96.7 Å². The zero-order valence-electron chi connectivity index (χ0n) is 19.0. The second kappa shape index (κ2) is 7.47. The number of urea groups is 1. The zero-order chi connectivity index (χ0) is 22.6. The number of pyridine rings is 1. The molecule has 1 saturated heterocycles. The molecule has 1 fully saturated rings. The summed E-state index contributed by atoms with van der Waals surface area (Å²) in [5.41, 5.74) is 6.20. The largest absolute Gasteiger partial charge is 0.345 e. The number of likely N-dealkylation sites (tertiary alicyclic amines) is 1. The van der Waals surface area contributed by atoms with Crippen LogP contribution < -0.4 is 5.32 Å². The highest BCUT2D eigenvalue weighted by atomic mass is 16.2. The molecule has 0 aliphatic carbocycles. The van der Waals surface area contributed by atoms with Gasteiger partial charge >= 0.3 is 6.03 Å². The molecular weight excluding hydrogens is 416 g/mol. The van der Waals surface area contributed by atoms with Crippen molar-refractivity contribution in [3.05, 3.63) is 42.5 Å². The lowest BCUT2D eigenvalue weighted by Crippen LogP contribution is -2.40. The summed E-state index contributed by atoms with van der Waals surface area (Å²) in [7, 11) is 0. The van der Waals surface area contributed by atoms with Crippen molar-refractivity contribution in [2.45, 2.75) is 45.2 Å². The second-order valence-corrected chi connectivity index (χ2v) is 9.03. The molecule has 6 rings (SSSR count). The molecule has 1 atom stereocenters. The van der Waals surface area contributed by atoms with E-state index in [1.165, 1.54) is 5.69 Å². The van der Waals surface area contributed by atoms with Crippen LogP contribution in [0.4, 0.5) is 4.79 Å². The van der Waals surface area contributed by atoms with Crippen molar-refractivity contribution in [3.63, 3.8) is 0 Å². The van der Waals surface area contributed by atoms with Gasteiger partial charge < -0.3 is 15.2 Å². The van der Waals surface area contributed by atoms with Gasteiger partial charge in [0, 0.05) is 78.9 Å². The van der Waals surface area contributed by atoms with Gasteiger partial charge in [-0.25, -0.2) is 9.78 Å². The first-order valence-electron chi connectivity index (χ1n) is 11.7. The van der Waals surface area contributed by atoms with E-state index in [9.17, 15) is 4.79 Å². The van der Waals surface area contributed by atoms with Crippen LogP contribution in [-0.4, -0.2) is 60.1 Å². The molecule has 1 spiro atoms. The molecule has 1 unspecified atom stereocenters. The quantitative estimate of drug-likeness (QED) is 0.504. The molecule has 33 heavy (non-hydrogen) atoms. The summed E-state index contributed by atoms with van der Waals surface area (Å²) < 4.78 is 4.12. The number of rotatable bonds is 4. The van der Waals surface area contributed by atoms with Gasteiger partial charge in [-0.3, -0.25) is 9.36 Å². The van der Waals surface area contributed by atoms with Gasteiger partial charge in [-0.2, -0.15) is 10.2 Å². The van der Waals surface area contributed by atoms with Crippen molar-refractivity contribution in [2.75, 3.05) is 19.6 Å². The van der Waals surface area contributed by atoms with Crippen LogP contribution in [0.15, 0.2) is 36.8 Å². The molecule has 9 nitrogen and oxygen atoms in total. The molecule has 2 N–H and O–H groups in total. The summed E-state index contributed by atoms with van der Waals surface area (Å²) in [6.07, 6.45) is 7.74. The second-order valence-electron chi connectivity index (χ2n) is 9.03. The third-order valence-electron chi connectivity index (χ3n) is 7.21. The number of aryl methyl sites for hydroxylation is 2. The molecule has 170 valence electrons.